The fourth-order valence-electron chi connectivity index (χ4n) is 3.05. The predicted molar refractivity (Wildman–Crippen MR) is 81.8 cm³/mol. The zero-order chi connectivity index (χ0) is 14.1. The summed E-state index contributed by atoms with van der Waals surface area (Å²) in [6, 6.07) is 2.55. The Morgan fingerprint density at radius 2 is 2.35 bits per heavy atom. The number of imidazole rings is 1. The topological polar surface area (TPSA) is 54.2 Å². The van der Waals surface area contributed by atoms with Gasteiger partial charge in [0, 0.05) is 43.0 Å². The second kappa shape index (κ2) is 5.79. The molecular weight excluding hydrogens is 320 g/mol. The summed E-state index contributed by atoms with van der Waals surface area (Å²) < 4.78 is 3.30. The molecule has 0 aromatic carbocycles. The van der Waals surface area contributed by atoms with E-state index in [9.17, 15) is 0 Å². The van der Waals surface area contributed by atoms with Crippen molar-refractivity contribution in [1.82, 2.24) is 19.4 Å². The zero-order valence-electron chi connectivity index (χ0n) is 11.6. The van der Waals surface area contributed by atoms with Crippen LogP contribution < -0.4 is 0 Å². The molecule has 1 atom stereocenters. The van der Waals surface area contributed by atoms with E-state index in [1.807, 2.05) is 6.92 Å². The minimum absolute atomic E-state index is 0.269. The molecule has 6 heteroatoms. The largest absolute Gasteiger partial charge is 0.396 e. The van der Waals surface area contributed by atoms with Crippen molar-refractivity contribution in [2.24, 2.45) is 0 Å². The van der Waals surface area contributed by atoms with Crippen molar-refractivity contribution in [2.75, 3.05) is 26.2 Å². The summed E-state index contributed by atoms with van der Waals surface area (Å²) in [4.78, 5) is 11.3. The third kappa shape index (κ3) is 2.60. The van der Waals surface area contributed by atoms with Crippen molar-refractivity contribution in [3.8, 4) is 0 Å². The van der Waals surface area contributed by atoms with Crippen molar-refractivity contribution in [3.05, 3.63) is 22.6 Å². The van der Waals surface area contributed by atoms with E-state index < -0.39 is 0 Å². The number of halogens is 1. The second-order valence-corrected chi connectivity index (χ2v) is 6.26. The van der Waals surface area contributed by atoms with E-state index in [1.54, 1.807) is 6.20 Å². The Hall–Kier alpha value is -0.980. The molecule has 0 amide bonds. The van der Waals surface area contributed by atoms with Crippen molar-refractivity contribution < 1.29 is 5.11 Å². The molecule has 3 heterocycles. The number of aryl methyl sites for hydroxylation is 1. The minimum Gasteiger partial charge on any atom is -0.396 e. The van der Waals surface area contributed by atoms with Gasteiger partial charge in [0.15, 0.2) is 5.65 Å². The molecule has 0 unspecified atom stereocenters. The normalized spacial score (nSPS) is 20.1. The fraction of sp³-hybridized carbons (Fsp3) is 0.571. The van der Waals surface area contributed by atoms with Crippen LogP contribution in [0.5, 0.6) is 0 Å². The lowest BCUT2D eigenvalue weighted by Gasteiger charge is -2.17. The van der Waals surface area contributed by atoms with E-state index in [-0.39, 0.29) is 6.61 Å². The molecule has 0 aliphatic carbocycles. The number of hydrogen-bond donors (Lipinski definition) is 1. The van der Waals surface area contributed by atoms with Gasteiger partial charge in [0.2, 0.25) is 0 Å². The first-order chi connectivity index (χ1) is 9.69. The lowest BCUT2D eigenvalue weighted by Crippen LogP contribution is -2.23. The molecule has 5 nitrogen and oxygen atoms in total. The lowest BCUT2D eigenvalue weighted by molar-refractivity contribution is 0.244. The van der Waals surface area contributed by atoms with E-state index in [2.05, 4.69) is 41.4 Å². The van der Waals surface area contributed by atoms with Gasteiger partial charge >= 0.3 is 0 Å². The maximum absolute atomic E-state index is 8.94. The molecule has 0 bridgehead atoms. The van der Waals surface area contributed by atoms with E-state index >= 15 is 0 Å². The highest BCUT2D eigenvalue weighted by Crippen LogP contribution is 2.28. The van der Waals surface area contributed by atoms with Gasteiger partial charge in [-0.05, 0) is 41.8 Å². The Morgan fingerprint density at radius 3 is 3.15 bits per heavy atom. The van der Waals surface area contributed by atoms with Crippen LogP contribution in [0.1, 0.15) is 24.7 Å². The van der Waals surface area contributed by atoms with Gasteiger partial charge in [-0.2, -0.15) is 0 Å². The number of fused-ring (bicyclic) bond motifs is 1. The molecule has 108 valence electrons. The standard InChI is InChI=1S/C14H19BrN4O/c1-10-17-14-13(7-11(15)8-16-14)19(10)12-3-5-18(9-12)4-2-6-20/h7-8,12,20H,2-6,9H2,1H3/t12-/m0/s1. The van der Waals surface area contributed by atoms with Crippen molar-refractivity contribution in [2.45, 2.75) is 25.8 Å². The van der Waals surface area contributed by atoms with Crippen LogP contribution in [0, 0.1) is 6.92 Å². The van der Waals surface area contributed by atoms with Gasteiger partial charge in [0.25, 0.3) is 0 Å². The number of aliphatic hydroxyl groups excluding tert-OH is 1. The van der Waals surface area contributed by atoms with Crippen LogP contribution in [0.2, 0.25) is 0 Å². The summed E-state index contributed by atoms with van der Waals surface area (Å²) in [5.74, 6) is 1.03. The SMILES string of the molecule is Cc1nc2ncc(Br)cc2n1[C@H]1CCN(CCCO)C1. The number of nitrogens with zero attached hydrogens (tertiary/aromatic N) is 4. The minimum atomic E-state index is 0.269. The first-order valence-corrected chi connectivity index (χ1v) is 7.81. The molecule has 0 spiro atoms. The Labute approximate surface area is 126 Å². The smallest absolute Gasteiger partial charge is 0.177 e. The molecular formula is C14H19BrN4O. The highest BCUT2D eigenvalue weighted by Gasteiger charge is 2.26. The highest BCUT2D eigenvalue weighted by atomic mass is 79.9. The number of pyridine rings is 1. The average molecular weight is 339 g/mol. The number of likely N-dealkylation sites (tertiary alicyclic amines) is 1. The Kier molecular flexibility index (Phi) is 4.05. The third-order valence-corrected chi connectivity index (χ3v) is 4.37. The van der Waals surface area contributed by atoms with Gasteiger partial charge in [0.1, 0.15) is 5.82 Å². The van der Waals surface area contributed by atoms with Crippen molar-refractivity contribution in [1.29, 1.82) is 0 Å². The van der Waals surface area contributed by atoms with Gasteiger partial charge in [-0.3, -0.25) is 0 Å². The van der Waals surface area contributed by atoms with Gasteiger partial charge in [-0.15, -0.1) is 0 Å². The Morgan fingerprint density at radius 1 is 1.50 bits per heavy atom. The van der Waals surface area contributed by atoms with Crippen LogP contribution in [0.15, 0.2) is 16.7 Å². The lowest BCUT2D eigenvalue weighted by atomic mass is 10.2. The molecule has 0 radical (unpaired) electrons. The summed E-state index contributed by atoms with van der Waals surface area (Å²) in [5, 5.41) is 8.94. The molecule has 20 heavy (non-hydrogen) atoms. The van der Waals surface area contributed by atoms with E-state index in [4.69, 9.17) is 5.11 Å². The molecule has 0 saturated carbocycles. The van der Waals surface area contributed by atoms with Crippen LogP contribution in [-0.4, -0.2) is 50.8 Å². The van der Waals surface area contributed by atoms with E-state index in [0.717, 1.165) is 53.9 Å². The molecule has 1 fully saturated rings. The number of hydrogen-bond acceptors (Lipinski definition) is 4. The summed E-state index contributed by atoms with van der Waals surface area (Å²) >= 11 is 3.49. The average Bonchev–Trinajstić information content (AvgIpc) is 2.99. The number of aromatic nitrogens is 3. The van der Waals surface area contributed by atoms with Crippen LogP contribution >= 0.6 is 15.9 Å². The third-order valence-electron chi connectivity index (χ3n) is 3.93. The van der Waals surface area contributed by atoms with Gasteiger partial charge in [-0.25, -0.2) is 9.97 Å². The number of aliphatic hydroxyl groups is 1. The van der Waals surface area contributed by atoms with E-state index in [0.29, 0.717) is 6.04 Å². The quantitative estimate of drug-likeness (QED) is 0.927. The monoisotopic (exact) mass is 338 g/mol. The van der Waals surface area contributed by atoms with Gasteiger partial charge in [-0.1, -0.05) is 0 Å². The van der Waals surface area contributed by atoms with Gasteiger partial charge in [0.05, 0.1) is 5.52 Å². The zero-order valence-corrected chi connectivity index (χ0v) is 13.2. The van der Waals surface area contributed by atoms with Crippen LogP contribution in [0.4, 0.5) is 0 Å². The Balaban J connectivity index is 1.87. The summed E-state index contributed by atoms with van der Waals surface area (Å²) in [6.45, 7) is 5.40. The molecule has 2 aromatic heterocycles. The summed E-state index contributed by atoms with van der Waals surface area (Å²) in [7, 11) is 0. The van der Waals surface area contributed by atoms with Gasteiger partial charge < -0.3 is 14.6 Å². The predicted octanol–water partition coefficient (Wildman–Crippen LogP) is 2.13. The molecule has 1 aliphatic rings. The molecule has 2 aromatic rings. The molecule has 1 N–H and O–H groups in total. The Bertz CT molecular complexity index is 612. The van der Waals surface area contributed by atoms with E-state index in [1.165, 1.54) is 0 Å². The fourth-order valence-corrected chi connectivity index (χ4v) is 3.37. The maximum atomic E-state index is 8.94. The summed E-state index contributed by atoms with van der Waals surface area (Å²) in [5.41, 5.74) is 1.92. The molecule has 3 rings (SSSR count). The first kappa shape index (κ1) is 14.0. The molecule has 1 saturated heterocycles. The summed E-state index contributed by atoms with van der Waals surface area (Å²) in [6.07, 6.45) is 3.77. The van der Waals surface area contributed by atoms with Crippen molar-refractivity contribution in [3.63, 3.8) is 0 Å². The second-order valence-electron chi connectivity index (χ2n) is 5.35. The molecule has 1 aliphatic heterocycles. The number of rotatable bonds is 4. The first-order valence-electron chi connectivity index (χ1n) is 7.02. The highest BCUT2D eigenvalue weighted by molar-refractivity contribution is 9.10. The van der Waals surface area contributed by atoms with Crippen LogP contribution in [0.3, 0.4) is 0 Å². The maximum Gasteiger partial charge on any atom is 0.177 e. The van der Waals surface area contributed by atoms with Crippen molar-refractivity contribution >= 4 is 27.1 Å². The van der Waals surface area contributed by atoms with Crippen LogP contribution in [0.25, 0.3) is 11.2 Å². The van der Waals surface area contributed by atoms with Crippen LogP contribution in [-0.2, 0) is 0 Å².